The molecule has 2 aromatic heterocycles. The minimum Gasteiger partial charge on any atom is -0.310 e. The van der Waals surface area contributed by atoms with E-state index in [9.17, 15) is 18.0 Å². The first kappa shape index (κ1) is 19.3. The molecule has 150 valence electrons. The Morgan fingerprint density at radius 2 is 1.90 bits per heavy atom. The molecule has 0 atom stereocenters. The van der Waals surface area contributed by atoms with Crippen LogP contribution < -0.4 is 5.56 Å². The van der Waals surface area contributed by atoms with Gasteiger partial charge in [-0.2, -0.15) is 13.2 Å². The number of rotatable bonds is 3. The second-order valence-electron chi connectivity index (χ2n) is 7.16. The van der Waals surface area contributed by atoms with Crippen LogP contribution in [0.1, 0.15) is 28.2 Å². The van der Waals surface area contributed by atoms with Gasteiger partial charge in [-0.25, -0.2) is 4.98 Å². The molecular weight excluding hydrogens is 381 g/mol. The summed E-state index contributed by atoms with van der Waals surface area (Å²) >= 11 is 0. The first-order valence-corrected chi connectivity index (χ1v) is 9.23. The van der Waals surface area contributed by atoms with Crippen molar-refractivity contribution >= 4 is 0 Å². The molecule has 5 nitrogen and oxygen atoms in total. The Bertz CT molecular complexity index is 1070. The number of H-pyrrole nitrogens is 1. The van der Waals surface area contributed by atoms with Crippen molar-refractivity contribution in [3.8, 4) is 11.3 Å². The van der Waals surface area contributed by atoms with Gasteiger partial charge in [-0.05, 0) is 30.7 Å². The van der Waals surface area contributed by atoms with E-state index in [0.29, 0.717) is 35.7 Å². The molecule has 0 unspecified atom stereocenters. The summed E-state index contributed by atoms with van der Waals surface area (Å²) in [5.74, 6) is 0.630. The number of halogens is 3. The summed E-state index contributed by atoms with van der Waals surface area (Å²) < 4.78 is 38.1. The van der Waals surface area contributed by atoms with Crippen molar-refractivity contribution in [1.82, 2.24) is 19.9 Å². The Morgan fingerprint density at radius 1 is 1.14 bits per heavy atom. The molecule has 0 aliphatic carbocycles. The second kappa shape index (κ2) is 7.44. The topological polar surface area (TPSA) is 61.9 Å². The van der Waals surface area contributed by atoms with E-state index in [1.807, 2.05) is 6.07 Å². The fourth-order valence-corrected chi connectivity index (χ4v) is 3.52. The standard InChI is InChI=1S/C21H19F3N4O/c1-13-26-19-8-9-28(12-17(19)20(29)27-13)11-14-2-7-18(25-10-14)15-3-5-16(6-4-15)21(22,23)24/h2-7,10H,8-9,11-12H2,1H3,(H,26,27,29). The van der Waals surface area contributed by atoms with Gasteiger partial charge in [-0.15, -0.1) is 0 Å². The average Bonchev–Trinajstić information content (AvgIpc) is 2.68. The first-order chi connectivity index (χ1) is 13.8. The van der Waals surface area contributed by atoms with Crippen LogP contribution in [-0.2, 0) is 25.7 Å². The quantitative estimate of drug-likeness (QED) is 0.728. The van der Waals surface area contributed by atoms with Crippen molar-refractivity contribution in [2.24, 2.45) is 0 Å². The molecule has 1 aliphatic heterocycles. The van der Waals surface area contributed by atoms with Gasteiger partial charge in [0.05, 0.1) is 22.5 Å². The predicted octanol–water partition coefficient (Wildman–Crippen LogP) is 3.72. The zero-order valence-electron chi connectivity index (χ0n) is 15.8. The number of nitrogens with one attached hydrogen (secondary N) is 1. The summed E-state index contributed by atoms with van der Waals surface area (Å²) in [5.41, 5.74) is 3.01. The summed E-state index contributed by atoms with van der Waals surface area (Å²) in [5, 5.41) is 0. The van der Waals surface area contributed by atoms with Crippen LogP contribution in [0.2, 0.25) is 0 Å². The maximum absolute atomic E-state index is 12.7. The van der Waals surface area contributed by atoms with E-state index in [2.05, 4.69) is 19.9 Å². The second-order valence-corrected chi connectivity index (χ2v) is 7.16. The molecule has 4 rings (SSSR count). The van der Waals surface area contributed by atoms with Gasteiger partial charge < -0.3 is 4.98 Å². The Balaban J connectivity index is 1.46. The van der Waals surface area contributed by atoms with Gasteiger partial charge in [0.15, 0.2) is 0 Å². The van der Waals surface area contributed by atoms with Crippen LogP contribution in [0.3, 0.4) is 0 Å². The van der Waals surface area contributed by atoms with Crippen LogP contribution in [0, 0.1) is 6.92 Å². The molecule has 0 radical (unpaired) electrons. The lowest BCUT2D eigenvalue weighted by atomic mass is 10.1. The van der Waals surface area contributed by atoms with E-state index in [4.69, 9.17) is 0 Å². The number of hydrogen-bond acceptors (Lipinski definition) is 4. The Hall–Kier alpha value is -3.00. The maximum Gasteiger partial charge on any atom is 0.416 e. The average molecular weight is 400 g/mol. The minimum absolute atomic E-state index is 0.0898. The number of pyridine rings is 1. The van der Waals surface area contributed by atoms with Crippen LogP contribution in [-0.4, -0.2) is 26.4 Å². The molecule has 0 saturated carbocycles. The van der Waals surface area contributed by atoms with Crippen molar-refractivity contribution in [1.29, 1.82) is 0 Å². The molecule has 3 heterocycles. The van der Waals surface area contributed by atoms with Crippen LogP contribution in [0.4, 0.5) is 13.2 Å². The summed E-state index contributed by atoms with van der Waals surface area (Å²) in [6, 6.07) is 8.68. The molecule has 29 heavy (non-hydrogen) atoms. The molecule has 1 aromatic carbocycles. The van der Waals surface area contributed by atoms with Crippen molar-refractivity contribution < 1.29 is 13.2 Å². The number of alkyl halides is 3. The third kappa shape index (κ3) is 4.22. The van der Waals surface area contributed by atoms with Gasteiger partial charge in [0.1, 0.15) is 5.82 Å². The number of aromatic nitrogens is 3. The first-order valence-electron chi connectivity index (χ1n) is 9.23. The number of nitrogens with zero attached hydrogens (tertiary/aromatic N) is 3. The molecule has 0 bridgehead atoms. The molecule has 0 amide bonds. The Morgan fingerprint density at radius 3 is 2.55 bits per heavy atom. The molecule has 1 aliphatic rings. The highest BCUT2D eigenvalue weighted by Gasteiger charge is 2.30. The van der Waals surface area contributed by atoms with Gasteiger partial charge >= 0.3 is 6.18 Å². The smallest absolute Gasteiger partial charge is 0.310 e. The van der Waals surface area contributed by atoms with Crippen LogP contribution >= 0.6 is 0 Å². The molecule has 0 saturated heterocycles. The SMILES string of the molecule is Cc1nc2c(c(=O)[nH]1)CN(Cc1ccc(-c3ccc(C(F)(F)F)cc3)nc1)CC2. The normalized spacial score (nSPS) is 14.6. The zero-order chi connectivity index (χ0) is 20.6. The highest BCUT2D eigenvalue weighted by atomic mass is 19.4. The largest absolute Gasteiger partial charge is 0.416 e. The lowest BCUT2D eigenvalue weighted by Crippen LogP contribution is -2.35. The molecule has 1 N–H and O–H groups in total. The summed E-state index contributed by atoms with van der Waals surface area (Å²) in [6.45, 7) is 3.73. The predicted molar refractivity (Wildman–Crippen MR) is 102 cm³/mol. The molecule has 3 aromatic rings. The van der Waals surface area contributed by atoms with Crippen molar-refractivity contribution in [2.75, 3.05) is 6.54 Å². The summed E-state index contributed by atoms with van der Waals surface area (Å²) in [6.07, 6.45) is -1.91. The fourth-order valence-electron chi connectivity index (χ4n) is 3.52. The van der Waals surface area contributed by atoms with E-state index in [-0.39, 0.29) is 5.56 Å². The summed E-state index contributed by atoms with van der Waals surface area (Å²) in [7, 11) is 0. The fraction of sp³-hybridized carbons (Fsp3) is 0.286. The molecular formula is C21H19F3N4O. The third-order valence-electron chi connectivity index (χ3n) is 5.00. The number of aryl methyl sites for hydroxylation is 1. The lowest BCUT2D eigenvalue weighted by Gasteiger charge is -2.27. The highest BCUT2D eigenvalue weighted by molar-refractivity contribution is 5.59. The monoisotopic (exact) mass is 400 g/mol. The number of aromatic amines is 1. The zero-order valence-corrected chi connectivity index (χ0v) is 15.8. The number of benzene rings is 1. The van der Waals surface area contributed by atoms with Gasteiger partial charge in [-0.3, -0.25) is 14.7 Å². The third-order valence-corrected chi connectivity index (χ3v) is 5.00. The van der Waals surface area contributed by atoms with E-state index < -0.39 is 11.7 Å². The molecule has 0 spiro atoms. The van der Waals surface area contributed by atoms with Crippen molar-refractivity contribution in [3.63, 3.8) is 0 Å². The summed E-state index contributed by atoms with van der Waals surface area (Å²) in [4.78, 5) is 25.9. The Kier molecular flexibility index (Phi) is 4.96. The van der Waals surface area contributed by atoms with Gasteiger partial charge in [0.2, 0.25) is 0 Å². The number of fused-ring (bicyclic) bond motifs is 1. The van der Waals surface area contributed by atoms with Crippen LogP contribution in [0.5, 0.6) is 0 Å². The van der Waals surface area contributed by atoms with E-state index in [1.54, 1.807) is 19.2 Å². The van der Waals surface area contributed by atoms with Crippen LogP contribution in [0.25, 0.3) is 11.3 Å². The molecule has 0 fully saturated rings. The maximum atomic E-state index is 12.7. The highest BCUT2D eigenvalue weighted by Crippen LogP contribution is 2.30. The Labute approximate surface area is 165 Å². The number of hydrogen-bond donors (Lipinski definition) is 1. The van der Waals surface area contributed by atoms with E-state index in [1.165, 1.54) is 12.1 Å². The van der Waals surface area contributed by atoms with Gasteiger partial charge in [0.25, 0.3) is 5.56 Å². The van der Waals surface area contributed by atoms with Gasteiger partial charge in [0, 0.05) is 37.8 Å². The van der Waals surface area contributed by atoms with Crippen molar-refractivity contribution in [2.45, 2.75) is 32.6 Å². The van der Waals surface area contributed by atoms with Crippen LogP contribution in [0.15, 0.2) is 47.4 Å². The van der Waals surface area contributed by atoms with Crippen molar-refractivity contribution in [3.05, 3.63) is 81.2 Å². The van der Waals surface area contributed by atoms with Gasteiger partial charge in [-0.1, -0.05) is 18.2 Å². The van der Waals surface area contributed by atoms with E-state index in [0.717, 1.165) is 36.4 Å². The lowest BCUT2D eigenvalue weighted by molar-refractivity contribution is -0.137. The molecule has 8 heteroatoms. The minimum atomic E-state index is -4.35. The van der Waals surface area contributed by atoms with E-state index >= 15 is 0 Å².